The zero-order valence-corrected chi connectivity index (χ0v) is 16.4. The molecular weight excluding hydrogens is 392 g/mol. The monoisotopic (exact) mass is 410 g/mol. The van der Waals surface area contributed by atoms with Gasteiger partial charge < -0.3 is 20.1 Å². The number of hydrogen-bond acceptors (Lipinski definition) is 5. The van der Waals surface area contributed by atoms with Crippen LogP contribution in [-0.4, -0.2) is 25.5 Å². The van der Waals surface area contributed by atoms with Crippen LogP contribution in [0.1, 0.15) is 10.4 Å². The lowest BCUT2D eigenvalue weighted by atomic mass is 10.2. The van der Waals surface area contributed by atoms with Gasteiger partial charge in [0.15, 0.2) is 5.75 Å². The Labute approximate surface area is 173 Å². The molecule has 0 unspecified atom stereocenters. The first-order valence-corrected chi connectivity index (χ1v) is 9.18. The van der Waals surface area contributed by atoms with Gasteiger partial charge in [-0.1, -0.05) is 41.9 Å². The Balaban J connectivity index is 1.64. The van der Waals surface area contributed by atoms with Crippen molar-refractivity contribution in [2.45, 2.75) is 0 Å². The van der Waals surface area contributed by atoms with Crippen molar-refractivity contribution in [3.05, 3.63) is 83.4 Å². The summed E-state index contributed by atoms with van der Waals surface area (Å²) in [6, 6.07) is 21.3. The summed E-state index contributed by atoms with van der Waals surface area (Å²) in [6.45, 7) is -0.0120. The van der Waals surface area contributed by atoms with E-state index in [-0.39, 0.29) is 23.0 Å². The Kier molecular flexibility index (Phi) is 6.71. The van der Waals surface area contributed by atoms with Crippen molar-refractivity contribution >= 4 is 34.9 Å². The molecule has 148 valence electrons. The van der Waals surface area contributed by atoms with Gasteiger partial charge in [0.2, 0.25) is 5.91 Å². The zero-order valence-electron chi connectivity index (χ0n) is 15.6. The SMILES string of the molecule is COC(=O)c1cc(NCC(=O)Nc2ccccc2Oc2ccccc2)ccc1Cl. The van der Waals surface area contributed by atoms with Gasteiger partial charge in [-0.2, -0.15) is 0 Å². The minimum atomic E-state index is -0.546. The molecule has 0 saturated carbocycles. The minimum absolute atomic E-state index is 0.0120. The molecule has 0 aliphatic rings. The number of para-hydroxylation sites is 3. The van der Waals surface area contributed by atoms with Gasteiger partial charge in [-0.05, 0) is 42.5 Å². The summed E-state index contributed by atoms with van der Waals surface area (Å²) in [4.78, 5) is 24.1. The van der Waals surface area contributed by atoms with Gasteiger partial charge in [0.1, 0.15) is 5.75 Å². The average molecular weight is 411 g/mol. The van der Waals surface area contributed by atoms with Crippen molar-refractivity contribution in [2.75, 3.05) is 24.3 Å². The van der Waals surface area contributed by atoms with E-state index in [0.717, 1.165) is 0 Å². The Morgan fingerprint density at radius 3 is 2.45 bits per heavy atom. The molecule has 0 radical (unpaired) electrons. The largest absolute Gasteiger partial charge is 0.465 e. The van der Waals surface area contributed by atoms with Crippen molar-refractivity contribution in [3.8, 4) is 11.5 Å². The summed E-state index contributed by atoms with van der Waals surface area (Å²) >= 11 is 6.00. The summed E-state index contributed by atoms with van der Waals surface area (Å²) in [6.07, 6.45) is 0. The quantitative estimate of drug-likeness (QED) is 0.538. The summed E-state index contributed by atoms with van der Waals surface area (Å²) in [5.74, 6) is 0.383. The fourth-order valence-electron chi connectivity index (χ4n) is 2.55. The number of benzene rings is 3. The summed E-state index contributed by atoms with van der Waals surface area (Å²) in [7, 11) is 1.28. The highest BCUT2D eigenvalue weighted by molar-refractivity contribution is 6.33. The highest BCUT2D eigenvalue weighted by Crippen LogP contribution is 2.29. The van der Waals surface area contributed by atoms with Crippen LogP contribution < -0.4 is 15.4 Å². The zero-order chi connectivity index (χ0) is 20.6. The van der Waals surface area contributed by atoms with E-state index in [4.69, 9.17) is 21.1 Å². The maximum Gasteiger partial charge on any atom is 0.339 e. The van der Waals surface area contributed by atoms with E-state index in [9.17, 15) is 9.59 Å². The van der Waals surface area contributed by atoms with Gasteiger partial charge in [-0.3, -0.25) is 4.79 Å². The molecule has 1 amide bonds. The molecule has 0 bridgehead atoms. The van der Waals surface area contributed by atoms with Gasteiger partial charge in [-0.25, -0.2) is 4.79 Å². The molecule has 0 aliphatic heterocycles. The fraction of sp³-hybridized carbons (Fsp3) is 0.0909. The number of amides is 1. The second-order valence-electron chi connectivity index (χ2n) is 6.00. The Hall–Kier alpha value is -3.51. The van der Waals surface area contributed by atoms with Gasteiger partial charge in [0.05, 0.1) is 29.9 Å². The van der Waals surface area contributed by atoms with Crippen molar-refractivity contribution in [1.82, 2.24) is 0 Å². The number of nitrogens with one attached hydrogen (secondary N) is 2. The standard InChI is InChI=1S/C22H19ClN2O4/c1-28-22(27)17-13-15(11-12-18(17)23)24-14-21(26)25-19-9-5-6-10-20(19)29-16-7-3-2-4-8-16/h2-13,24H,14H2,1H3,(H,25,26). The number of halogens is 1. The Morgan fingerprint density at radius 1 is 0.966 bits per heavy atom. The van der Waals surface area contributed by atoms with Crippen LogP contribution in [0, 0.1) is 0 Å². The summed E-state index contributed by atoms with van der Waals surface area (Å²) < 4.78 is 10.5. The maximum absolute atomic E-state index is 12.4. The van der Waals surface area contributed by atoms with Crippen LogP contribution in [0.2, 0.25) is 5.02 Å². The molecule has 29 heavy (non-hydrogen) atoms. The van der Waals surface area contributed by atoms with E-state index < -0.39 is 5.97 Å². The fourth-order valence-corrected chi connectivity index (χ4v) is 2.75. The normalized spacial score (nSPS) is 10.1. The highest BCUT2D eigenvalue weighted by atomic mass is 35.5. The summed E-state index contributed by atoms with van der Waals surface area (Å²) in [5.41, 5.74) is 1.34. The second-order valence-corrected chi connectivity index (χ2v) is 6.41. The maximum atomic E-state index is 12.4. The van der Waals surface area contributed by atoms with Gasteiger partial charge in [0, 0.05) is 5.69 Å². The average Bonchev–Trinajstić information content (AvgIpc) is 2.75. The van der Waals surface area contributed by atoms with Crippen LogP contribution in [0.4, 0.5) is 11.4 Å². The highest BCUT2D eigenvalue weighted by Gasteiger charge is 2.12. The molecule has 0 saturated heterocycles. The number of esters is 1. The molecular formula is C22H19ClN2O4. The first-order valence-electron chi connectivity index (χ1n) is 8.80. The van der Waals surface area contributed by atoms with E-state index in [2.05, 4.69) is 10.6 Å². The Morgan fingerprint density at radius 2 is 1.69 bits per heavy atom. The van der Waals surface area contributed by atoms with E-state index in [1.165, 1.54) is 13.2 Å². The molecule has 0 aliphatic carbocycles. The minimum Gasteiger partial charge on any atom is -0.465 e. The van der Waals surface area contributed by atoms with E-state index in [1.54, 1.807) is 24.3 Å². The first kappa shape index (κ1) is 20.2. The molecule has 3 aromatic rings. The molecule has 7 heteroatoms. The molecule has 0 fully saturated rings. The molecule has 3 rings (SSSR count). The van der Waals surface area contributed by atoms with Gasteiger partial charge >= 0.3 is 5.97 Å². The van der Waals surface area contributed by atoms with Crippen LogP contribution in [-0.2, 0) is 9.53 Å². The number of methoxy groups -OCH3 is 1. The lowest BCUT2D eigenvalue weighted by molar-refractivity contribution is -0.114. The summed E-state index contributed by atoms with van der Waals surface area (Å²) in [5, 5.41) is 6.05. The van der Waals surface area contributed by atoms with Crippen molar-refractivity contribution < 1.29 is 19.1 Å². The van der Waals surface area contributed by atoms with Gasteiger partial charge in [-0.15, -0.1) is 0 Å². The number of hydrogen-bond donors (Lipinski definition) is 2. The van der Waals surface area contributed by atoms with Crippen LogP contribution in [0.25, 0.3) is 0 Å². The van der Waals surface area contributed by atoms with Crippen LogP contribution in [0.5, 0.6) is 11.5 Å². The predicted molar refractivity (Wildman–Crippen MR) is 113 cm³/mol. The number of anilines is 2. The van der Waals surface area contributed by atoms with E-state index >= 15 is 0 Å². The third-order valence-corrected chi connectivity index (χ3v) is 4.29. The van der Waals surface area contributed by atoms with Crippen LogP contribution >= 0.6 is 11.6 Å². The Bertz CT molecular complexity index is 1010. The van der Waals surface area contributed by atoms with Crippen LogP contribution in [0.3, 0.4) is 0 Å². The number of rotatable bonds is 7. The number of carbonyl (C=O) groups is 2. The predicted octanol–water partition coefficient (Wildman–Crippen LogP) is 4.97. The van der Waals surface area contributed by atoms with Crippen molar-refractivity contribution in [1.29, 1.82) is 0 Å². The van der Waals surface area contributed by atoms with Gasteiger partial charge in [0.25, 0.3) is 0 Å². The molecule has 2 N–H and O–H groups in total. The first-order chi connectivity index (χ1) is 14.1. The topological polar surface area (TPSA) is 76.7 Å². The molecule has 0 heterocycles. The lowest BCUT2D eigenvalue weighted by Gasteiger charge is -2.13. The second kappa shape index (κ2) is 9.61. The molecule has 0 aromatic heterocycles. The lowest BCUT2D eigenvalue weighted by Crippen LogP contribution is -2.22. The third kappa shape index (κ3) is 5.49. The number of carbonyl (C=O) groups excluding carboxylic acids is 2. The van der Waals surface area contributed by atoms with Crippen molar-refractivity contribution in [3.63, 3.8) is 0 Å². The third-order valence-electron chi connectivity index (χ3n) is 3.96. The molecule has 0 atom stereocenters. The van der Waals surface area contributed by atoms with E-state index in [1.807, 2.05) is 42.5 Å². The van der Waals surface area contributed by atoms with E-state index in [0.29, 0.717) is 22.9 Å². The molecule has 6 nitrogen and oxygen atoms in total. The molecule has 0 spiro atoms. The van der Waals surface area contributed by atoms with Crippen molar-refractivity contribution in [2.24, 2.45) is 0 Å². The molecule has 3 aromatic carbocycles. The number of ether oxygens (including phenoxy) is 2. The van der Waals surface area contributed by atoms with Crippen LogP contribution in [0.15, 0.2) is 72.8 Å². The smallest absolute Gasteiger partial charge is 0.339 e.